The molecule has 25 heavy (non-hydrogen) atoms. The van der Waals surface area contributed by atoms with Gasteiger partial charge in [-0.25, -0.2) is 5.43 Å². The number of nitrogens with one attached hydrogen (secondary N) is 1. The normalized spacial score (nSPS) is 11.1. The van der Waals surface area contributed by atoms with Crippen LogP contribution in [-0.2, 0) is 4.79 Å². The highest BCUT2D eigenvalue weighted by Crippen LogP contribution is 2.22. The summed E-state index contributed by atoms with van der Waals surface area (Å²) in [6.45, 7) is 5.30. The van der Waals surface area contributed by atoms with E-state index in [9.17, 15) is 14.9 Å². The molecule has 1 amide bonds. The van der Waals surface area contributed by atoms with Crippen molar-refractivity contribution in [3.63, 3.8) is 0 Å². The van der Waals surface area contributed by atoms with Crippen molar-refractivity contribution in [1.82, 2.24) is 5.43 Å². The van der Waals surface area contributed by atoms with Crippen molar-refractivity contribution in [2.45, 2.75) is 20.8 Å². The Bertz CT molecular complexity index is 811. The van der Waals surface area contributed by atoms with Crippen molar-refractivity contribution in [1.29, 1.82) is 0 Å². The maximum absolute atomic E-state index is 11.9. The van der Waals surface area contributed by atoms with Crippen LogP contribution in [0.3, 0.4) is 0 Å². The third kappa shape index (κ3) is 4.87. The largest absolute Gasteiger partial charge is 0.483 e. The van der Waals surface area contributed by atoms with Crippen LogP contribution in [0, 0.1) is 24.0 Å². The lowest BCUT2D eigenvalue weighted by Gasteiger charge is -2.11. The fourth-order valence-electron chi connectivity index (χ4n) is 2.25. The minimum atomic E-state index is -0.478. The van der Waals surface area contributed by atoms with Crippen LogP contribution in [0.15, 0.2) is 47.6 Å². The molecule has 7 nitrogen and oxygen atoms in total. The highest BCUT2D eigenvalue weighted by molar-refractivity contribution is 5.99. The Labute approximate surface area is 145 Å². The second-order valence-electron chi connectivity index (χ2n) is 5.55. The smallest absolute Gasteiger partial charge is 0.277 e. The molecule has 0 aliphatic heterocycles. The van der Waals surface area contributed by atoms with Crippen LogP contribution in [0.1, 0.15) is 23.6 Å². The Morgan fingerprint density at radius 1 is 1.20 bits per heavy atom. The van der Waals surface area contributed by atoms with E-state index >= 15 is 0 Å². The lowest BCUT2D eigenvalue weighted by atomic mass is 10.1. The number of aryl methyl sites for hydroxylation is 2. The van der Waals surface area contributed by atoms with Gasteiger partial charge in [-0.15, -0.1) is 0 Å². The topological polar surface area (TPSA) is 93.8 Å². The van der Waals surface area contributed by atoms with E-state index in [1.54, 1.807) is 19.1 Å². The second kappa shape index (κ2) is 8.05. The quantitative estimate of drug-likeness (QED) is 0.496. The summed E-state index contributed by atoms with van der Waals surface area (Å²) in [4.78, 5) is 22.2. The van der Waals surface area contributed by atoms with E-state index in [4.69, 9.17) is 4.74 Å². The number of rotatable bonds is 6. The van der Waals surface area contributed by atoms with E-state index in [1.165, 1.54) is 12.1 Å². The van der Waals surface area contributed by atoms with Crippen molar-refractivity contribution >= 4 is 17.3 Å². The molecule has 7 heteroatoms. The number of hydrogen-bond acceptors (Lipinski definition) is 5. The number of benzene rings is 2. The summed E-state index contributed by atoms with van der Waals surface area (Å²) < 4.78 is 5.55. The summed E-state index contributed by atoms with van der Waals surface area (Å²) in [5.74, 6) is 0.268. The zero-order valence-electron chi connectivity index (χ0n) is 14.3. The SMILES string of the molecule is C/C(=N/NC(=O)COc1c(C)cccc1C)c1cccc([N+](=O)[O-])c1. The lowest BCUT2D eigenvalue weighted by Crippen LogP contribution is -2.26. The van der Waals surface area contributed by atoms with Gasteiger partial charge in [0.2, 0.25) is 0 Å². The summed E-state index contributed by atoms with van der Waals surface area (Å²) in [5.41, 5.74) is 5.28. The van der Waals surface area contributed by atoms with Gasteiger partial charge in [0.25, 0.3) is 11.6 Å². The minimum Gasteiger partial charge on any atom is -0.483 e. The zero-order valence-corrected chi connectivity index (χ0v) is 14.3. The summed E-state index contributed by atoms with van der Waals surface area (Å²) in [7, 11) is 0. The predicted molar refractivity (Wildman–Crippen MR) is 94.9 cm³/mol. The third-order valence-electron chi connectivity index (χ3n) is 3.58. The summed E-state index contributed by atoms with van der Waals surface area (Å²) in [6, 6.07) is 11.8. The molecule has 0 atom stereocenters. The monoisotopic (exact) mass is 341 g/mol. The molecular formula is C18H19N3O4. The van der Waals surface area contributed by atoms with Gasteiger partial charge in [0.15, 0.2) is 6.61 Å². The van der Waals surface area contributed by atoms with Gasteiger partial charge in [0.1, 0.15) is 5.75 Å². The van der Waals surface area contributed by atoms with Crippen LogP contribution in [0.5, 0.6) is 5.75 Å². The molecule has 0 heterocycles. The van der Waals surface area contributed by atoms with Gasteiger partial charge >= 0.3 is 0 Å². The molecule has 130 valence electrons. The van der Waals surface area contributed by atoms with Crippen molar-refractivity contribution in [2.75, 3.05) is 6.61 Å². The first kappa shape index (κ1) is 18.1. The average molecular weight is 341 g/mol. The lowest BCUT2D eigenvalue weighted by molar-refractivity contribution is -0.384. The van der Waals surface area contributed by atoms with E-state index in [0.29, 0.717) is 17.0 Å². The molecule has 0 spiro atoms. The Kier molecular flexibility index (Phi) is 5.84. The van der Waals surface area contributed by atoms with Crippen molar-refractivity contribution < 1.29 is 14.5 Å². The zero-order chi connectivity index (χ0) is 18.4. The van der Waals surface area contributed by atoms with E-state index < -0.39 is 10.8 Å². The summed E-state index contributed by atoms with van der Waals surface area (Å²) in [6.07, 6.45) is 0. The number of nitrogens with zero attached hydrogens (tertiary/aromatic N) is 2. The molecule has 0 aromatic heterocycles. The standard InChI is InChI=1S/C18H19N3O4/c1-12-6-4-7-13(2)18(12)25-11-17(22)20-19-14(3)15-8-5-9-16(10-15)21(23)24/h4-10H,11H2,1-3H3,(H,20,22)/b19-14-. The highest BCUT2D eigenvalue weighted by atomic mass is 16.6. The molecule has 0 fully saturated rings. The van der Waals surface area contributed by atoms with Crippen LogP contribution in [0.25, 0.3) is 0 Å². The van der Waals surface area contributed by atoms with Gasteiger partial charge in [-0.1, -0.05) is 30.3 Å². The summed E-state index contributed by atoms with van der Waals surface area (Å²) in [5, 5.41) is 14.8. The number of para-hydroxylation sites is 1. The number of nitro benzene ring substituents is 1. The van der Waals surface area contributed by atoms with E-state index in [-0.39, 0.29) is 12.3 Å². The van der Waals surface area contributed by atoms with Gasteiger partial charge in [-0.2, -0.15) is 5.10 Å². The third-order valence-corrected chi connectivity index (χ3v) is 3.58. The molecule has 2 rings (SSSR count). The first-order chi connectivity index (χ1) is 11.9. The average Bonchev–Trinajstić information content (AvgIpc) is 2.59. The van der Waals surface area contributed by atoms with Gasteiger partial charge in [-0.3, -0.25) is 14.9 Å². The van der Waals surface area contributed by atoms with Crippen molar-refractivity contribution in [3.05, 3.63) is 69.3 Å². The van der Waals surface area contributed by atoms with Gasteiger partial charge in [0, 0.05) is 17.7 Å². The van der Waals surface area contributed by atoms with Gasteiger partial charge in [-0.05, 0) is 31.9 Å². The minimum absolute atomic E-state index is 0.0308. The van der Waals surface area contributed by atoms with Gasteiger partial charge < -0.3 is 4.74 Å². The molecule has 2 aromatic carbocycles. The molecule has 1 N–H and O–H groups in total. The van der Waals surface area contributed by atoms with Crippen LogP contribution in [0.2, 0.25) is 0 Å². The molecule has 0 saturated heterocycles. The predicted octanol–water partition coefficient (Wildman–Crippen LogP) is 3.13. The number of non-ortho nitro benzene ring substituents is 1. The Morgan fingerprint density at radius 3 is 2.48 bits per heavy atom. The Hall–Kier alpha value is -3.22. The van der Waals surface area contributed by atoms with Crippen molar-refractivity contribution in [2.24, 2.45) is 5.10 Å². The van der Waals surface area contributed by atoms with Crippen LogP contribution in [-0.4, -0.2) is 23.1 Å². The molecular weight excluding hydrogens is 322 g/mol. The van der Waals surface area contributed by atoms with Gasteiger partial charge in [0.05, 0.1) is 10.6 Å². The number of nitro groups is 1. The molecule has 0 bridgehead atoms. The van der Waals surface area contributed by atoms with E-state index in [2.05, 4.69) is 10.5 Å². The van der Waals surface area contributed by atoms with Crippen LogP contribution < -0.4 is 10.2 Å². The molecule has 2 aromatic rings. The molecule has 0 unspecified atom stereocenters. The number of amides is 1. The maximum Gasteiger partial charge on any atom is 0.277 e. The number of carbonyl (C=O) groups is 1. The first-order valence-corrected chi connectivity index (χ1v) is 7.65. The molecule has 0 aliphatic rings. The Balaban J connectivity index is 1.97. The molecule has 0 aliphatic carbocycles. The maximum atomic E-state index is 11.9. The van der Waals surface area contributed by atoms with Crippen LogP contribution in [0.4, 0.5) is 5.69 Å². The molecule has 0 saturated carbocycles. The number of hydrazone groups is 1. The number of hydrogen-bond donors (Lipinski definition) is 1. The number of carbonyl (C=O) groups excluding carboxylic acids is 1. The second-order valence-corrected chi connectivity index (χ2v) is 5.55. The van der Waals surface area contributed by atoms with E-state index in [0.717, 1.165) is 11.1 Å². The summed E-state index contributed by atoms with van der Waals surface area (Å²) >= 11 is 0. The Morgan fingerprint density at radius 2 is 1.84 bits per heavy atom. The van der Waals surface area contributed by atoms with Crippen molar-refractivity contribution in [3.8, 4) is 5.75 Å². The van der Waals surface area contributed by atoms with E-state index in [1.807, 2.05) is 32.0 Å². The fraction of sp³-hybridized carbons (Fsp3) is 0.222. The number of ether oxygens (including phenoxy) is 1. The first-order valence-electron chi connectivity index (χ1n) is 7.65. The van der Waals surface area contributed by atoms with Crippen LogP contribution >= 0.6 is 0 Å². The molecule has 0 radical (unpaired) electrons. The highest BCUT2D eigenvalue weighted by Gasteiger charge is 2.09. The fourth-order valence-corrected chi connectivity index (χ4v) is 2.25.